The third-order valence-electron chi connectivity index (χ3n) is 2.35. The lowest BCUT2D eigenvalue weighted by atomic mass is 10.1. The molecule has 3 nitrogen and oxygen atoms in total. The Balaban J connectivity index is 2.88. The van der Waals surface area contributed by atoms with Gasteiger partial charge in [-0.05, 0) is 26.0 Å². The zero-order valence-electron chi connectivity index (χ0n) is 8.65. The number of aliphatic hydroxyl groups is 1. The summed E-state index contributed by atoms with van der Waals surface area (Å²) in [6, 6.07) is 3.68. The van der Waals surface area contributed by atoms with E-state index in [4.69, 9.17) is 0 Å². The number of hydrogen-bond acceptors (Lipinski definition) is 4. The van der Waals surface area contributed by atoms with Gasteiger partial charge in [0.05, 0.1) is 22.0 Å². The summed E-state index contributed by atoms with van der Waals surface area (Å²) in [4.78, 5) is 13.2. The van der Waals surface area contributed by atoms with Crippen LogP contribution in [0.4, 0.5) is 5.00 Å². The summed E-state index contributed by atoms with van der Waals surface area (Å²) in [7, 11) is 1.91. The minimum Gasteiger partial charge on any atom is -0.394 e. The number of aldehydes is 1. The fraction of sp³-hybridized carbons (Fsp3) is 0.500. The summed E-state index contributed by atoms with van der Waals surface area (Å²) in [5.74, 6) is 0. The second-order valence-corrected chi connectivity index (χ2v) is 4.92. The Hall–Kier alpha value is -0.870. The van der Waals surface area contributed by atoms with Crippen LogP contribution in [0.1, 0.15) is 23.5 Å². The van der Waals surface area contributed by atoms with Crippen LogP contribution in [0.3, 0.4) is 0 Å². The first kappa shape index (κ1) is 11.2. The third kappa shape index (κ3) is 2.13. The van der Waals surface area contributed by atoms with Gasteiger partial charge in [0.25, 0.3) is 0 Å². The van der Waals surface area contributed by atoms with Gasteiger partial charge in [0.15, 0.2) is 6.29 Å². The highest BCUT2D eigenvalue weighted by molar-refractivity contribution is 7.17. The number of thiophene rings is 1. The molecule has 0 fully saturated rings. The van der Waals surface area contributed by atoms with Crippen molar-refractivity contribution in [1.29, 1.82) is 0 Å². The number of carbonyl (C=O) groups is 1. The molecule has 0 radical (unpaired) electrons. The van der Waals surface area contributed by atoms with Gasteiger partial charge in [-0.2, -0.15) is 0 Å². The van der Waals surface area contributed by atoms with Crippen molar-refractivity contribution in [3.8, 4) is 0 Å². The van der Waals surface area contributed by atoms with E-state index in [2.05, 4.69) is 0 Å². The predicted octanol–water partition coefficient (Wildman–Crippen LogP) is 1.77. The lowest BCUT2D eigenvalue weighted by molar-refractivity contribution is 0.112. The predicted molar refractivity (Wildman–Crippen MR) is 59.3 cm³/mol. The van der Waals surface area contributed by atoms with Gasteiger partial charge in [-0.15, -0.1) is 11.3 Å². The Morgan fingerprint density at radius 1 is 1.57 bits per heavy atom. The number of hydrogen-bond donors (Lipinski definition) is 1. The van der Waals surface area contributed by atoms with Gasteiger partial charge >= 0.3 is 0 Å². The summed E-state index contributed by atoms with van der Waals surface area (Å²) in [6.45, 7) is 3.98. The van der Waals surface area contributed by atoms with E-state index in [1.54, 1.807) is 6.07 Å². The second-order valence-electron chi connectivity index (χ2n) is 3.82. The van der Waals surface area contributed by atoms with Gasteiger partial charge in [0.2, 0.25) is 0 Å². The normalized spacial score (nSPS) is 11.4. The summed E-state index contributed by atoms with van der Waals surface area (Å²) in [5.41, 5.74) is -0.301. The average molecular weight is 213 g/mol. The summed E-state index contributed by atoms with van der Waals surface area (Å²) in [5, 5.41) is 10.2. The molecule has 0 aromatic carbocycles. The van der Waals surface area contributed by atoms with Crippen molar-refractivity contribution >= 4 is 22.6 Å². The molecule has 0 aliphatic carbocycles. The van der Waals surface area contributed by atoms with E-state index >= 15 is 0 Å². The van der Waals surface area contributed by atoms with E-state index in [9.17, 15) is 9.90 Å². The highest BCUT2D eigenvalue weighted by Crippen LogP contribution is 2.28. The number of nitrogens with zero attached hydrogens (tertiary/aromatic N) is 1. The molecule has 0 unspecified atom stereocenters. The van der Waals surface area contributed by atoms with E-state index in [0.29, 0.717) is 4.88 Å². The number of aliphatic hydroxyl groups excluding tert-OH is 1. The molecule has 1 heterocycles. The van der Waals surface area contributed by atoms with E-state index in [0.717, 1.165) is 11.3 Å². The van der Waals surface area contributed by atoms with Crippen molar-refractivity contribution < 1.29 is 9.90 Å². The maximum atomic E-state index is 10.5. The molecule has 1 N–H and O–H groups in total. The van der Waals surface area contributed by atoms with Crippen LogP contribution in [-0.4, -0.2) is 30.6 Å². The largest absolute Gasteiger partial charge is 0.394 e. The summed E-state index contributed by atoms with van der Waals surface area (Å²) >= 11 is 1.43. The number of carbonyl (C=O) groups excluding carboxylic acids is 1. The highest BCUT2D eigenvalue weighted by atomic mass is 32.1. The molecule has 0 bridgehead atoms. The highest BCUT2D eigenvalue weighted by Gasteiger charge is 2.23. The van der Waals surface area contributed by atoms with Gasteiger partial charge in [0, 0.05) is 7.05 Å². The van der Waals surface area contributed by atoms with Crippen molar-refractivity contribution in [3.63, 3.8) is 0 Å². The molecule has 0 saturated carbocycles. The Morgan fingerprint density at radius 2 is 2.21 bits per heavy atom. The summed E-state index contributed by atoms with van der Waals surface area (Å²) < 4.78 is 0. The zero-order valence-corrected chi connectivity index (χ0v) is 9.47. The van der Waals surface area contributed by atoms with E-state index in [-0.39, 0.29) is 12.1 Å². The molecular formula is C10H15NO2S. The van der Waals surface area contributed by atoms with E-state index in [1.165, 1.54) is 11.3 Å². The first-order chi connectivity index (χ1) is 6.51. The van der Waals surface area contributed by atoms with Crippen molar-refractivity contribution in [2.45, 2.75) is 19.4 Å². The molecule has 0 saturated heterocycles. The zero-order chi connectivity index (χ0) is 10.8. The van der Waals surface area contributed by atoms with E-state index < -0.39 is 0 Å². The molecule has 0 spiro atoms. The van der Waals surface area contributed by atoms with Gasteiger partial charge < -0.3 is 10.0 Å². The van der Waals surface area contributed by atoms with Crippen molar-refractivity contribution in [3.05, 3.63) is 17.0 Å². The van der Waals surface area contributed by atoms with Gasteiger partial charge in [-0.1, -0.05) is 0 Å². The van der Waals surface area contributed by atoms with Crippen LogP contribution in [0.15, 0.2) is 12.1 Å². The van der Waals surface area contributed by atoms with Crippen LogP contribution < -0.4 is 4.90 Å². The van der Waals surface area contributed by atoms with Crippen LogP contribution in [-0.2, 0) is 0 Å². The molecule has 1 aromatic rings. The molecular weight excluding hydrogens is 198 g/mol. The Kier molecular flexibility index (Phi) is 3.29. The fourth-order valence-corrected chi connectivity index (χ4v) is 1.94. The minimum atomic E-state index is -0.301. The molecule has 1 aromatic heterocycles. The van der Waals surface area contributed by atoms with Gasteiger partial charge in [-0.3, -0.25) is 4.79 Å². The molecule has 78 valence electrons. The maximum Gasteiger partial charge on any atom is 0.160 e. The Labute approximate surface area is 88.0 Å². The first-order valence-corrected chi connectivity index (χ1v) is 5.22. The molecule has 0 amide bonds. The van der Waals surface area contributed by atoms with Crippen molar-refractivity contribution in [2.24, 2.45) is 0 Å². The van der Waals surface area contributed by atoms with Crippen LogP contribution >= 0.6 is 11.3 Å². The molecule has 4 heteroatoms. The minimum absolute atomic E-state index is 0.0812. The topological polar surface area (TPSA) is 40.5 Å². The van der Waals surface area contributed by atoms with Gasteiger partial charge in [-0.25, -0.2) is 0 Å². The van der Waals surface area contributed by atoms with Crippen molar-refractivity contribution in [2.75, 3.05) is 18.6 Å². The lowest BCUT2D eigenvalue weighted by Gasteiger charge is -2.34. The standard InChI is InChI=1S/C10H15NO2S/c1-10(2,7-13)11(3)9-5-4-8(6-12)14-9/h4-6,13H,7H2,1-3H3. The smallest absolute Gasteiger partial charge is 0.160 e. The third-order valence-corrected chi connectivity index (χ3v) is 3.44. The average Bonchev–Trinajstić information content (AvgIpc) is 2.64. The van der Waals surface area contributed by atoms with Crippen LogP contribution in [0.2, 0.25) is 0 Å². The lowest BCUT2D eigenvalue weighted by Crippen LogP contribution is -2.44. The molecule has 1 rings (SSSR count). The van der Waals surface area contributed by atoms with Gasteiger partial charge in [0.1, 0.15) is 0 Å². The molecule has 0 aliphatic heterocycles. The first-order valence-electron chi connectivity index (χ1n) is 4.41. The van der Waals surface area contributed by atoms with Crippen LogP contribution in [0.5, 0.6) is 0 Å². The number of rotatable bonds is 4. The van der Waals surface area contributed by atoms with Crippen molar-refractivity contribution in [1.82, 2.24) is 0 Å². The van der Waals surface area contributed by atoms with Crippen LogP contribution in [0.25, 0.3) is 0 Å². The Morgan fingerprint density at radius 3 is 2.64 bits per heavy atom. The molecule has 0 atom stereocenters. The number of anilines is 1. The molecule has 0 aliphatic rings. The monoisotopic (exact) mass is 213 g/mol. The van der Waals surface area contributed by atoms with Crippen LogP contribution in [0, 0.1) is 0 Å². The fourth-order valence-electron chi connectivity index (χ4n) is 0.990. The second kappa shape index (κ2) is 4.11. The molecule has 14 heavy (non-hydrogen) atoms. The van der Waals surface area contributed by atoms with E-state index in [1.807, 2.05) is 31.9 Å². The number of likely N-dealkylation sites (N-methyl/N-ethyl adjacent to an activating group) is 1. The SMILES string of the molecule is CN(c1ccc(C=O)s1)C(C)(C)CO. The maximum absolute atomic E-state index is 10.5. The Bertz CT molecular complexity index is 320. The summed E-state index contributed by atoms with van der Waals surface area (Å²) in [6.07, 6.45) is 0.841. The quantitative estimate of drug-likeness (QED) is 0.775.